The molecule has 0 aliphatic heterocycles. The first-order valence-electron chi connectivity index (χ1n) is 4.35. The van der Waals surface area contributed by atoms with Gasteiger partial charge in [0.05, 0.1) is 24.7 Å². The fourth-order valence-corrected chi connectivity index (χ4v) is 1.54. The Kier molecular flexibility index (Phi) is 5.21. The van der Waals surface area contributed by atoms with Crippen LogP contribution in [0.15, 0.2) is 17.5 Å². The van der Waals surface area contributed by atoms with Crippen LogP contribution in [0.1, 0.15) is 9.67 Å². The van der Waals surface area contributed by atoms with Crippen LogP contribution >= 0.6 is 11.3 Å². The zero-order chi connectivity index (χ0) is 10.2. The molecule has 1 heterocycles. The summed E-state index contributed by atoms with van der Waals surface area (Å²) in [5.41, 5.74) is 0. The topological polar surface area (TPSA) is 58.6 Å². The number of aliphatic hydroxyl groups excluding tert-OH is 1. The van der Waals surface area contributed by atoms with Crippen LogP contribution in [0.5, 0.6) is 0 Å². The van der Waals surface area contributed by atoms with Crippen molar-refractivity contribution < 1.29 is 14.6 Å². The minimum atomic E-state index is -0.0763. The lowest BCUT2D eigenvalue weighted by molar-refractivity contribution is 0.0840. The maximum absolute atomic E-state index is 11.3. The molecule has 2 N–H and O–H groups in total. The molecule has 0 saturated heterocycles. The first-order chi connectivity index (χ1) is 6.84. The average molecular weight is 215 g/mol. The molecule has 5 heteroatoms. The molecule has 0 fully saturated rings. The second-order valence-corrected chi connectivity index (χ2v) is 3.52. The monoisotopic (exact) mass is 215 g/mol. The van der Waals surface area contributed by atoms with Crippen LogP contribution in [0.25, 0.3) is 0 Å². The highest BCUT2D eigenvalue weighted by Crippen LogP contribution is 2.07. The third-order valence-corrected chi connectivity index (χ3v) is 2.38. The molecule has 1 aromatic heterocycles. The molecule has 0 saturated carbocycles. The quantitative estimate of drug-likeness (QED) is 0.679. The van der Waals surface area contributed by atoms with Gasteiger partial charge < -0.3 is 15.2 Å². The van der Waals surface area contributed by atoms with Crippen LogP contribution in [-0.2, 0) is 4.74 Å². The van der Waals surface area contributed by atoms with Crippen LogP contribution < -0.4 is 5.32 Å². The number of thiophene rings is 1. The molecule has 0 aliphatic carbocycles. The second kappa shape index (κ2) is 6.53. The third-order valence-electron chi connectivity index (χ3n) is 1.51. The largest absolute Gasteiger partial charge is 0.394 e. The van der Waals surface area contributed by atoms with E-state index in [0.29, 0.717) is 24.6 Å². The lowest BCUT2D eigenvalue weighted by Crippen LogP contribution is -2.26. The van der Waals surface area contributed by atoms with E-state index in [0.717, 1.165) is 0 Å². The summed E-state index contributed by atoms with van der Waals surface area (Å²) in [5.74, 6) is -0.0763. The number of carbonyl (C=O) groups is 1. The minimum Gasteiger partial charge on any atom is -0.394 e. The van der Waals surface area contributed by atoms with E-state index >= 15 is 0 Å². The molecule has 0 atom stereocenters. The van der Waals surface area contributed by atoms with Gasteiger partial charge in [0.1, 0.15) is 0 Å². The van der Waals surface area contributed by atoms with Crippen LogP contribution in [0, 0.1) is 0 Å². The highest BCUT2D eigenvalue weighted by Gasteiger charge is 2.04. The van der Waals surface area contributed by atoms with E-state index in [1.54, 1.807) is 6.07 Å². The molecule has 78 valence electrons. The summed E-state index contributed by atoms with van der Waals surface area (Å²) in [5, 5.41) is 13.0. The number of aliphatic hydroxyl groups is 1. The summed E-state index contributed by atoms with van der Waals surface area (Å²) >= 11 is 1.41. The van der Waals surface area contributed by atoms with Crippen molar-refractivity contribution in [2.24, 2.45) is 0 Å². The molecule has 0 bridgehead atoms. The molecule has 1 rings (SSSR count). The van der Waals surface area contributed by atoms with Gasteiger partial charge in [0.2, 0.25) is 0 Å². The normalized spacial score (nSPS) is 10.1. The molecule has 1 aromatic rings. The second-order valence-electron chi connectivity index (χ2n) is 2.57. The Morgan fingerprint density at radius 2 is 2.43 bits per heavy atom. The Labute approximate surface area is 86.5 Å². The highest BCUT2D eigenvalue weighted by molar-refractivity contribution is 7.12. The molecular formula is C9H13NO3S. The molecule has 0 radical (unpaired) electrons. The summed E-state index contributed by atoms with van der Waals surface area (Å²) in [6.45, 7) is 1.22. The van der Waals surface area contributed by atoms with Crippen molar-refractivity contribution in [2.45, 2.75) is 0 Å². The molecular weight excluding hydrogens is 202 g/mol. The number of hydrogen-bond acceptors (Lipinski definition) is 4. The van der Waals surface area contributed by atoms with Gasteiger partial charge >= 0.3 is 0 Å². The maximum atomic E-state index is 11.3. The van der Waals surface area contributed by atoms with Crippen molar-refractivity contribution in [3.63, 3.8) is 0 Å². The predicted octanol–water partition coefficient (Wildman–Crippen LogP) is 0.487. The van der Waals surface area contributed by atoms with E-state index < -0.39 is 0 Å². The van der Waals surface area contributed by atoms with Gasteiger partial charge in [-0.3, -0.25) is 4.79 Å². The Bertz CT molecular complexity index is 261. The number of carbonyl (C=O) groups excluding carboxylic acids is 1. The van der Waals surface area contributed by atoms with Crippen LogP contribution in [0.3, 0.4) is 0 Å². The van der Waals surface area contributed by atoms with Gasteiger partial charge in [0, 0.05) is 6.54 Å². The van der Waals surface area contributed by atoms with Gasteiger partial charge in [-0.25, -0.2) is 0 Å². The number of hydrogen-bond donors (Lipinski definition) is 2. The van der Waals surface area contributed by atoms with E-state index in [9.17, 15) is 4.79 Å². The van der Waals surface area contributed by atoms with E-state index in [4.69, 9.17) is 9.84 Å². The minimum absolute atomic E-state index is 0.0128. The van der Waals surface area contributed by atoms with E-state index in [2.05, 4.69) is 5.32 Å². The van der Waals surface area contributed by atoms with Gasteiger partial charge in [0.15, 0.2) is 0 Å². The Hall–Kier alpha value is -0.910. The molecule has 4 nitrogen and oxygen atoms in total. The van der Waals surface area contributed by atoms with Crippen LogP contribution in [0.4, 0.5) is 0 Å². The molecule has 0 spiro atoms. The van der Waals surface area contributed by atoms with Gasteiger partial charge in [-0.1, -0.05) is 6.07 Å². The molecule has 0 unspecified atom stereocenters. The summed E-state index contributed by atoms with van der Waals surface area (Å²) < 4.78 is 4.99. The lowest BCUT2D eigenvalue weighted by atomic mass is 10.4. The van der Waals surface area contributed by atoms with Gasteiger partial charge in [-0.2, -0.15) is 0 Å². The smallest absolute Gasteiger partial charge is 0.261 e. The Morgan fingerprint density at radius 3 is 3.07 bits per heavy atom. The zero-order valence-corrected chi connectivity index (χ0v) is 8.55. The SMILES string of the molecule is O=C(NCCOCCO)c1cccs1. The average Bonchev–Trinajstić information content (AvgIpc) is 2.70. The number of nitrogens with one attached hydrogen (secondary N) is 1. The van der Waals surface area contributed by atoms with Crippen molar-refractivity contribution in [3.8, 4) is 0 Å². The molecule has 14 heavy (non-hydrogen) atoms. The fraction of sp³-hybridized carbons (Fsp3) is 0.444. The molecule has 0 aromatic carbocycles. The van der Waals surface area contributed by atoms with Gasteiger partial charge in [-0.15, -0.1) is 11.3 Å². The van der Waals surface area contributed by atoms with Gasteiger partial charge in [-0.05, 0) is 11.4 Å². The standard InChI is InChI=1S/C9H13NO3S/c11-4-6-13-5-3-10-9(12)8-2-1-7-14-8/h1-2,7,11H,3-6H2,(H,10,12). The lowest BCUT2D eigenvalue weighted by Gasteiger charge is -2.03. The van der Waals surface area contributed by atoms with Crippen molar-refractivity contribution in [3.05, 3.63) is 22.4 Å². The van der Waals surface area contributed by atoms with Gasteiger partial charge in [0.25, 0.3) is 5.91 Å². The Morgan fingerprint density at radius 1 is 1.57 bits per heavy atom. The number of rotatable bonds is 6. The van der Waals surface area contributed by atoms with E-state index in [1.165, 1.54) is 11.3 Å². The first-order valence-corrected chi connectivity index (χ1v) is 5.23. The maximum Gasteiger partial charge on any atom is 0.261 e. The zero-order valence-electron chi connectivity index (χ0n) is 7.73. The summed E-state index contributed by atoms with van der Waals surface area (Å²) in [4.78, 5) is 12.0. The van der Waals surface area contributed by atoms with Crippen LogP contribution in [-0.4, -0.2) is 37.4 Å². The van der Waals surface area contributed by atoms with Crippen molar-refractivity contribution in [1.82, 2.24) is 5.32 Å². The van der Waals surface area contributed by atoms with Crippen LogP contribution in [0.2, 0.25) is 0 Å². The summed E-state index contributed by atoms with van der Waals surface area (Å²) in [7, 11) is 0. The van der Waals surface area contributed by atoms with Crippen molar-refractivity contribution in [2.75, 3.05) is 26.4 Å². The van der Waals surface area contributed by atoms with Crippen molar-refractivity contribution >= 4 is 17.2 Å². The summed E-state index contributed by atoms with van der Waals surface area (Å²) in [6.07, 6.45) is 0. The predicted molar refractivity (Wildman–Crippen MR) is 54.6 cm³/mol. The molecule has 1 amide bonds. The first kappa shape index (κ1) is 11.2. The van der Waals surface area contributed by atoms with E-state index in [1.807, 2.05) is 11.4 Å². The highest BCUT2D eigenvalue weighted by atomic mass is 32.1. The Balaban J connectivity index is 2.10. The third kappa shape index (κ3) is 3.87. The number of amides is 1. The van der Waals surface area contributed by atoms with E-state index in [-0.39, 0.29) is 12.5 Å². The molecule has 0 aliphatic rings. The number of ether oxygens (including phenoxy) is 1. The summed E-state index contributed by atoms with van der Waals surface area (Å²) in [6, 6.07) is 3.61. The fourth-order valence-electron chi connectivity index (χ4n) is 0.898. The van der Waals surface area contributed by atoms with Crippen molar-refractivity contribution in [1.29, 1.82) is 0 Å².